The average molecular weight is 897 g/mol. The topological polar surface area (TPSA) is 264 Å². The molecule has 9 aliphatic rings. The van der Waals surface area contributed by atoms with Crippen molar-refractivity contribution < 1.29 is 83.9 Å². The molecule has 0 aromatic carbocycles. The van der Waals surface area contributed by atoms with Gasteiger partial charge in [-0.15, -0.1) is 0 Å². The van der Waals surface area contributed by atoms with Crippen molar-refractivity contribution in [2.75, 3.05) is 19.8 Å². The van der Waals surface area contributed by atoms with Gasteiger partial charge in [-0.1, -0.05) is 60.1 Å². The van der Waals surface area contributed by atoms with E-state index in [0.29, 0.717) is 19.3 Å². The largest absolute Gasteiger partial charge is 0.461 e. The molecule has 4 aliphatic heterocycles. The molecular formula is C46H72O17. The lowest BCUT2D eigenvalue weighted by atomic mass is 9.33. The van der Waals surface area contributed by atoms with E-state index >= 15 is 0 Å². The summed E-state index contributed by atoms with van der Waals surface area (Å²) in [6.07, 6.45) is -12.4. The molecule has 0 amide bonds. The summed E-state index contributed by atoms with van der Waals surface area (Å²) in [5, 5.41) is 97.2. The van der Waals surface area contributed by atoms with Crippen LogP contribution in [0.25, 0.3) is 0 Å². The van der Waals surface area contributed by atoms with Gasteiger partial charge in [0, 0.05) is 11.8 Å². The molecule has 9 rings (SSSR count). The molecule has 17 heteroatoms. The minimum Gasteiger partial charge on any atom is -0.461 e. The molecule has 23 atom stereocenters. The quantitative estimate of drug-likeness (QED) is 0.0952. The molecule has 63 heavy (non-hydrogen) atoms. The maximum atomic E-state index is 13.7. The molecule has 358 valence electrons. The third-order valence-corrected chi connectivity index (χ3v) is 19.0. The summed E-state index contributed by atoms with van der Waals surface area (Å²) in [5.74, 6) is 0.186. The van der Waals surface area contributed by atoms with Gasteiger partial charge in [-0.05, 0) is 84.4 Å². The first-order valence-corrected chi connectivity index (χ1v) is 23.3. The van der Waals surface area contributed by atoms with E-state index in [1.54, 1.807) is 0 Å². The van der Waals surface area contributed by atoms with Crippen LogP contribution in [0.5, 0.6) is 0 Å². The summed E-state index contributed by atoms with van der Waals surface area (Å²) in [7, 11) is 0. The van der Waals surface area contributed by atoms with Crippen LogP contribution in [-0.4, -0.2) is 170 Å². The molecular weight excluding hydrogens is 824 g/mol. The van der Waals surface area contributed by atoms with Gasteiger partial charge in [-0.3, -0.25) is 4.79 Å². The molecule has 0 aromatic rings. The van der Waals surface area contributed by atoms with Crippen LogP contribution in [0.15, 0.2) is 11.6 Å². The summed E-state index contributed by atoms with van der Waals surface area (Å²) in [6, 6.07) is 0. The Bertz CT molecular complexity index is 1780. The zero-order chi connectivity index (χ0) is 45.6. The number of carbonyl (C=O) groups is 1. The Labute approximate surface area is 369 Å². The maximum Gasteiger partial charge on any atom is 0.315 e. The Kier molecular flexibility index (Phi) is 11.7. The Balaban J connectivity index is 0.896. The van der Waals surface area contributed by atoms with E-state index in [1.165, 1.54) is 5.57 Å². The number of aliphatic hydroxyl groups is 9. The summed E-state index contributed by atoms with van der Waals surface area (Å²) >= 11 is 0. The minimum atomic E-state index is -1.70. The summed E-state index contributed by atoms with van der Waals surface area (Å²) in [5.41, 5.74) is -0.746. The number of hydrogen-bond donors (Lipinski definition) is 9. The van der Waals surface area contributed by atoms with E-state index in [4.69, 9.17) is 33.2 Å². The molecule has 4 saturated heterocycles. The van der Waals surface area contributed by atoms with Gasteiger partial charge in [-0.25, -0.2) is 0 Å². The van der Waals surface area contributed by atoms with Crippen LogP contribution >= 0.6 is 0 Å². The highest BCUT2D eigenvalue weighted by Gasteiger charge is 2.74. The number of ether oxygens (including phenoxy) is 7. The standard InChI is InChI=1S/C46H72O17/c1-41(2)14-21-20-8-9-26-43(5)12-11-28(42(3,4)25(43)10-13-44(26,6)45(20,7)15-27(49)46(21)16-29(41)62-40(46)56)61-38-35(55)33(53)32(52)24(60-38)19-59-39-36(31(51)23(48)18-58-39)63-37-34(54)30(50)22(47)17-57-37/h8,21-39,47-55H,9-19H2,1-7H3/t21-,22+,23+,24+,25-,26+,27+,28-,29-,30-,31-,32+,33-,34+,35+,36+,37-,38-,39-,43-,44+,45+,46+/m0/s1. The van der Waals surface area contributed by atoms with Crippen LogP contribution in [-0.2, 0) is 38.0 Å². The lowest BCUT2D eigenvalue weighted by Crippen LogP contribution is -2.67. The van der Waals surface area contributed by atoms with E-state index in [0.717, 1.165) is 32.1 Å². The monoisotopic (exact) mass is 896 g/mol. The number of hydrogen-bond acceptors (Lipinski definition) is 17. The van der Waals surface area contributed by atoms with E-state index in [9.17, 15) is 50.8 Å². The van der Waals surface area contributed by atoms with Crippen molar-refractivity contribution in [2.24, 2.45) is 50.2 Å². The second-order valence-electron chi connectivity index (χ2n) is 22.8. The van der Waals surface area contributed by atoms with Crippen LogP contribution < -0.4 is 0 Å². The van der Waals surface area contributed by atoms with Crippen molar-refractivity contribution in [2.45, 2.75) is 198 Å². The summed E-state index contributed by atoms with van der Waals surface area (Å²) in [4.78, 5) is 13.7. The third kappa shape index (κ3) is 6.83. The van der Waals surface area contributed by atoms with Crippen LogP contribution in [0.4, 0.5) is 0 Å². The highest BCUT2D eigenvalue weighted by atomic mass is 16.8. The molecule has 9 N–H and O–H groups in total. The Morgan fingerprint density at radius 2 is 1.37 bits per heavy atom. The Morgan fingerprint density at radius 3 is 2.08 bits per heavy atom. The van der Waals surface area contributed by atoms with Crippen LogP contribution in [0.1, 0.15) is 99.8 Å². The molecule has 2 bridgehead atoms. The summed E-state index contributed by atoms with van der Waals surface area (Å²) in [6.45, 7) is 14.8. The van der Waals surface area contributed by atoms with Crippen molar-refractivity contribution >= 4 is 5.97 Å². The fraction of sp³-hybridized carbons (Fsp3) is 0.935. The van der Waals surface area contributed by atoms with Gasteiger partial charge in [0.05, 0.1) is 32.0 Å². The zero-order valence-corrected chi connectivity index (χ0v) is 37.6. The lowest BCUT2D eigenvalue weighted by molar-refractivity contribution is -0.357. The van der Waals surface area contributed by atoms with Crippen molar-refractivity contribution in [3.8, 4) is 0 Å². The van der Waals surface area contributed by atoms with E-state index in [-0.39, 0.29) is 64.7 Å². The van der Waals surface area contributed by atoms with Crippen LogP contribution in [0.2, 0.25) is 0 Å². The summed E-state index contributed by atoms with van der Waals surface area (Å²) < 4.78 is 41.4. The molecule has 1 spiro atoms. The number of rotatable bonds is 7. The second-order valence-corrected chi connectivity index (χ2v) is 22.8. The number of allylic oxidation sites excluding steroid dienone is 2. The van der Waals surface area contributed by atoms with Crippen LogP contribution in [0, 0.1) is 50.2 Å². The van der Waals surface area contributed by atoms with Gasteiger partial charge < -0.3 is 79.1 Å². The number of aliphatic hydroxyl groups excluding tert-OH is 9. The first-order chi connectivity index (χ1) is 29.4. The van der Waals surface area contributed by atoms with Gasteiger partial charge in [0.15, 0.2) is 18.9 Å². The van der Waals surface area contributed by atoms with Crippen LogP contribution in [0.3, 0.4) is 0 Å². The average Bonchev–Trinajstić information content (AvgIpc) is 3.54. The number of fused-ring (bicyclic) bond motifs is 7. The van der Waals surface area contributed by atoms with Gasteiger partial charge in [0.1, 0.15) is 72.6 Å². The number of esters is 1. The predicted molar refractivity (Wildman–Crippen MR) is 218 cm³/mol. The molecule has 8 fully saturated rings. The highest BCUT2D eigenvalue weighted by Crippen LogP contribution is 2.76. The molecule has 17 nitrogen and oxygen atoms in total. The smallest absolute Gasteiger partial charge is 0.315 e. The van der Waals surface area contributed by atoms with E-state index in [2.05, 4.69) is 54.5 Å². The van der Waals surface area contributed by atoms with E-state index in [1.807, 2.05) is 0 Å². The number of carbonyl (C=O) groups excluding carboxylic acids is 1. The first-order valence-electron chi connectivity index (χ1n) is 23.3. The van der Waals surface area contributed by atoms with Crippen molar-refractivity contribution in [3.63, 3.8) is 0 Å². The second kappa shape index (κ2) is 15.8. The normalized spacial score (nSPS) is 56.0. The molecule has 4 heterocycles. The van der Waals surface area contributed by atoms with Gasteiger partial charge >= 0.3 is 5.97 Å². The maximum absolute atomic E-state index is 13.7. The Hall–Kier alpha value is -1.39. The third-order valence-electron chi connectivity index (χ3n) is 19.0. The molecule has 0 radical (unpaired) electrons. The molecule has 4 saturated carbocycles. The molecule has 0 aromatic heterocycles. The van der Waals surface area contributed by atoms with Crippen molar-refractivity contribution in [1.82, 2.24) is 0 Å². The highest BCUT2D eigenvalue weighted by molar-refractivity contribution is 5.82. The predicted octanol–water partition coefficient (Wildman–Crippen LogP) is 0.406. The van der Waals surface area contributed by atoms with Crippen molar-refractivity contribution in [1.29, 1.82) is 0 Å². The fourth-order valence-electron chi connectivity index (χ4n) is 15.0. The molecule has 0 unspecified atom stereocenters. The van der Waals surface area contributed by atoms with Gasteiger partial charge in [0.25, 0.3) is 0 Å². The van der Waals surface area contributed by atoms with Gasteiger partial charge in [-0.2, -0.15) is 0 Å². The fourth-order valence-corrected chi connectivity index (χ4v) is 15.0. The van der Waals surface area contributed by atoms with Crippen molar-refractivity contribution in [3.05, 3.63) is 11.6 Å². The Morgan fingerprint density at radius 1 is 0.698 bits per heavy atom. The first kappa shape index (κ1) is 46.7. The minimum absolute atomic E-state index is 0.0677. The SMILES string of the molecule is CC1(C)C[C@H]2C3=CC[C@@H]4[C@@]5(C)CC[C@H](O[C@@H]6O[C@H](CO[C@@H]7OC[C@@H](O)[C@H](O)[C@H]7O[C@@H]7OC[C@@H](O)[C@H](O)[C@H]7O)[C@@H](O)[C@H](O)[C@H]6O)C(C)(C)[C@@H]5CC[C@@]4(C)[C@]3(C)C[C@@H](O)[C@@]23C[C@@H]1OC3=O. The molecule has 5 aliphatic carbocycles. The van der Waals surface area contributed by atoms with Gasteiger partial charge in [0.2, 0.25) is 0 Å². The lowest BCUT2D eigenvalue weighted by Gasteiger charge is -2.71. The zero-order valence-electron chi connectivity index (χ0n) is 37.6. The van der Waals surface area contributed by atoms with E-state index < -0.39 is 110 Å².